The quantitative estimate of drug-likeness (QED) is 0.866. The number of benzene rings is 1. The molecule has 6 heteroatoms. The lowest BCUT2D eigenvalue weighted by atomic mass is 10.3. The topological polar surface area (TPSA) is 46.5 Å². The molecule has 0 aliphatic rings. The normalized spacial score (nSPS) is 12.2. The van der Waals surface area contributed by atoms with Crippen molar-refractivity contribution in [2.75, 3.05) is 0 Å². The zero-order valence-electron chi connectivity index (χ0n) is 8.34. The Morgan fingerprint density at radius 3 is 2.88 bits per heavy atom. The number of carboxylic acid groups (broad SMARTS) is 1. The van der Waals surface area contributed by atoms with Crippen LogP contribution < -0.4 is 4.74 Å². The van der Waals surface area contributed by atoms with Crippen molar-refractivity contribution in [3.05, 3.63) is 27.4 Å². The zero-order chi connectivity index (χ0) is 12.3. The molecule has 0 spiro atoms. The first-order valence-corrected chi connectivity index (χ1v) is 5.60. The number of rotatable bonds is 4. The molecule has 1 N–H and O–H groups in total. The number of aliphatic carboxylic acids is 1. The Balaban J connectivity index is 2.81. The molecule has 0 unspecified atom stereocenters. The molecule has 0 aliphatic carbocycles. The van der Waals surface area contributed by atoms with Crippen LogP contribution in [-0.4, -0.2) is 17.2 Å². The van der Waals surface area contributed by atoms with Crippen LogP contribution in [-0.2, 0) is 4.79 Å². The van der Waals surface area contributed by atoms with Crippen LogP contribution in [0.3, 0.4) is 0 Å². The fourth-order valence-electron chi connectivity index (χ4n) is 1.10. The van der Waals surface area contributed by atoms with Gasteiger partial charge in [-0.15, -0.1) is 0 Å². The van der Waals surface area contributed by atoms with Crippen molar-refractivity contribution < 1.29 is 19.0 Å². The SMILES string of the molecule is C[C@H](CC(=O)O)Oc1cc(F)c(Cl)cc1Br. The van der Waals surface area contributed by atoms with Gasteiger partial charge in [0.15, 0.2) is 0 Å². The minimum atomic E-state index is -0.974. The minimum absolute atomic E-state index is 0.0230. The number of halogens is 3. The average molecular weight is 312 g/mol. The second-order valence-electron chi connectivity index (χ2n) is 3.22. The summed E-state index contributed by atoms with van der Waals surface area (Å²) in [6.07, 6.45) is -0.703. The number of hydrogen-bond acceptors (Lipinski definition) is 2. The van der Waals surface area contributed by atoms with E-state index in [1.54, 1.807) is 6.92 Å². The van der Waals surface area contributed by atoms with Gasteiger partial charge in [-0.3, -0.25) is 4.79 Å². The summed E-state index contributed by atoms with van der Waals surface area (Å²) in [6.45, 7) is 1.59. The summed E-state index contributed by atoms with van der Waals surface area (Å²) in [5.41, 5.74) is 0. The molecular formula is C10H9BrClFO3. The Hall–Kier alpha value is -0.810. The highest BCUT2D eigenvalue weighted by atomic mass is 79.9. The number of ether oxygens (including phenoxy) is 1. The van der Waals surface area contributed by atoms with E-state index in [-0.39, 0.29) is 17.2 Å². The van der Waals surface area contributed by atoms with Crippen LogP contribution in [0.4, 0.5) is 4.39 Å². The summed E-state index contributed by atoms with van der Waals surface area (Å²) in [5, 5.41) is 8.52. The maximum Gasteiger partial charge on any atom is 0.307 e. The van der Waals surface area contributed by atoms with Gasteiger partial charge in [0.25, 0.3) is 0 Å². The molecule has 1 atom stereocenters. The van der Waals surface area contributed by atoms with E-state index >= 15 is 0 Å². The number of hydrogen-bond donors (Lipinski definition) is 1. The first kappa shape index (κ1) is 13.3. The molecular weight excluding hydrogens is 302 g/mol. The highest BCUT2D eigenvalue weighted by molar-refractivity contribution is 9.10. The van der Waals surface area contributed by atoms with Gasteiger partial charge in [-0.2, -0.15) is 0 Å². The summed E-state index contributed by atoms with van der Waals surface area (Å²) in [7, 11) is 0. The molecule has 1 aromatic rings. The first-order valence-electron chi connectivity index (χ1n) is 4.43. The third-order valence-electron chi connectivity index (χ3n) is 1.77. The van der Waals surface area contributed by atoms with Crippen molar-refractivity contribution in [3.8, 4) is 5.75 Å². The molecule has 0 aliphatic heterocycles. The van der Waals surface area contributed by atoms with Gasteiger partial charge in [-0.25, -0.2) is 4.39 Å². The zero-order valence-corrected chi connectivity index (χ0v) is 10.7. The van der Waals surface area contributed by atoms with Crippen molar-refractivity contribution in [1.29, 1.82) is 0 Å². The van der Waals surface area contributed by atoms with Crippen molar-refractivity contribution in [3.63, 3.8) is 0 Å². The Morgan fingerprint density at radius 1 is 1.69 bits per heavy atom. The van der Waals surface area contributed by atoms with E-state index in [9.17, 15) is 9.18 Å². The Labute approximate surface area is 105 Å². The van der Waals surface area contributed by atoms with Crippen LogP contribution in [0.25, 0.3) is 0 Å². The van der Waals surface area contributed by atoms with Gasteiger partial charge in [0.05, 0.1) is 15.9 Å². The Bertz CT molecular complexity index is 411. The van der Waals surface area contributed by atoms with Gasteiger partial charge in [-0.1, -0.05) is 11.6 Å². The largest absolute Gasteiger partial charge is 0.489 e. The molecule has 0 saturated heterocycles. The standard InChI is InChI=1S/C10H9BrClFO3/c1-5(2-10(14)15)16-9-4-8(13)7(12)3-6(9)11/h3-5H,2H2,1H3,(H,14,15)/t5-/m1/s1. The first-order chi connectivity index (χ1) is 7.40. The molecule has 16 heavy (non-hydrogen) atoms. The van der Waals surface area contributed by atoms with Crippen molar-refractivity contribution in [2.45, 2.75) is 19.4 Å². The third-order valence-corrected chi connectivity index (χ3v) is 2.67. The number of carboxylic acids is 1. The van der Waals surface area contributed by atoms with E-state index in [1.165, 1.54) is 6.07 Å². The molecule has 1 rings (SSSR count). The fourth-order valence-corrected chi connectivity index (χ4v) is 1.83. The predicted molar refractivity (Wildman–Crippen MR) is 61.5 cm³/mol. The van der Waals surface area contributed by atoms with Crippen LogP contribution >= 0.6 is 27.5 Å². The van der Waals surface area contributed by atoms with E-state index in [0.29, 0.717) is 4.47 Å². The highest BCUT2D eigenvalue weighted by Gasteiger charge is 2.13. The predicted octanol–water partition coefficient (Wildman–Crippen LogP) is 3.48. The van der Waals surface area contributed by atoms with Crippen LogP contribution in [0.5, 0.6) is 5.75 Å². The van der Waals surface area contributed by atoms with E-state index in [0.717, 1.165) is 6.07 Å². The molecule has 0 heterocycles. The molecule has 1 aromatic carbocycles. The van der Waals surface area contributed by atoms with E-state index in [2.05, 4.69) is 15.9 Å². The number of carbonyl (C=O) groups is 1. The second-order valence-corrected chi connectivity index (χ2v) is 4.48. The van der Waals surface area contributed by atoms with Crippen LogP contribution in [0, 0.1) is 5.82 Å². The molecule has 0 aromatic heterocycles. The summed E-state index contributed by atoms with van der Waals surface area (Å²) in [4.78, 5) is 10.4. The summed E-state index contributed by atoms with van der Waals surface area (Å²) in [5.74, 6) is -1.35. The van der Waals surface area contributed by atoms with Crippen molar-refractivity contribution in [2.24, 2.45) is 0 Å². The van der Waals surface area contributed by atoms with Gasteiger partial charge in [0.1, 0.15) is 17.7 Å². The lowest BCUT2D eigenvalue weighted by Crippen LogP contribution is -2.16. The van der Waals surface area contributed by atoms with Gasteiger partial charge in [-0.05, 0) is 28.9 Å². The molecule has 0 radical (unpaired) electrons. The lowest BCUT2D eigenvalue weighted by Gasteiger charge is -2.14. The fraction of sp³-hybridized carbons (Fsp3) is 0.300. The molecule has 88 valence electrons. The summed E-state index contributed by atoms with van der Waals surface area (Å²) < 4.78 is 18.9. The molecule has 0 amide bonds. The van der Waals surface area contributed by atoms with E-state index < -0.39 is 17.9 Å². The maximum atomic E-state index is 13.1. The Kier molecular flexibility index (Phi) is 4.56. The van der Waals surface area contributed by atoms with Crippen LogP contribution in [0.15, 0.2) is 16.6 Å². The molecule has 0 saturated carbocycles. The molecule has 0 fully saturated rings. The summed E-state index contributed by atoms with van der Waals surface area (Å²) in [6, 6.07) is 2.48. The second kappa shape index (κ2) is 5.50. The van der Waals surface area contributed by atoms with E-state index in [1.807, 2.05) is 0 Å². The lowest BCUT2D eigenvalue weighted by molar-refractivity contribution is -0.138. The molecule has 3 nitrogen and oxygen atoms in total. The van der Waals surface area contributed by atoms with Gasteiger partial charge in [0, 0.05) is 6.07 Å². The summed E-state index contributed by atoms with van der Waals surface area (Å²) >= 11 is 8.70. The molecule has 0 bridgehead atoms. The Morgan fingerprint density at radius 2 is 2.31 bits per heavy atom. The van der Waals surface area contributed by atoms with Gasteiger partial charge >= 0.3 is 5.97 Å². The third kappa shape index (κ3) is 3.64. The maximum absolute atomic E-state index is 13.1. The van der Waals surface area contributed by atoms with Gasteiger partial charge < -0.3 is 9.84 Å². The van der Waals surface area contributed by atoms with Gasteiger partial charge in [0.2, 0.25) is 0 Å². The van der Waals surface area contributed by atoms with Crippen LogP contribution in [0.1, 0.15) is 13.3 Å². The van der Waals surface area contributed by atoms with Crippen LogP contribution in [0.2, 0.25) is 5.02 Å². The average Bonchev–Trinajstić information content (AvgIpc) is 2.12. The van der Waals surface area contributed by atoms with Crippen molar-refractivity contribution >= 4 is 33.5 Å². The van der Waals surface area contributed by atoms with E-state index in [4.69, 9.17) is 21.4 Å². The smallest absolute Gasteiger partial charge is 0.307 e. The van der Waals surface area contributed by atoms with Crippen molar-refractivity contribution in [1.82, 2.24) is 0 Å². The highest BCUT2D eigenvalue weighted by Crippen LogP contribution is 2.31. The minimum Gasteiger partial charge on any atom is -0.489 e. The monoisotopic (exact) mass is 310 g/mol.